The van der Waals surface area contributed by atoms with Gasteiger partial charge in [0.15, 0.2) is 0 Å². The summed E-state index contributed by atoms with van der Waals surface area (Å²) in [6.07, 6.45) is -2.50. The minimum atomic E-state index is -4.10. The van der Waals surface area contributed by atoms with Crippen molar-refractivity contribution in [3.05, 3.63) is 11.8 Å². The molecule has 1 aliphatic carbocycles. The van der Waals surface area contributed by atoms with Gasteiger partial charge in [0, 0.05) is 12.0 Å². The molecule has 0 amide bonds. The molecule has 90 valence electrons. The maximum absolute atomic E-state index is 12.6. The Kier molecular flexibility index (Phi) is 2.82. The summed E-state index contributed by atoms with van der Waals surface area (Å²) in [5.41, 5.74) is 5.90. The number of nitrogen functional groups attached to an aromatic ring is 1. The van der Waals surface area contributed by atoms with Crippen molar-refractivity contribution in [2.24, 2.45) is 5.92 Å². The van der Waals surface area contributed by atoms with E-state index in [1.807, 2.05) is 0 Å². The standard InChI is InChI=1S/C10H13F3N2O/c11-10(12,13)7-3-1-2-6(4-7)8-5-9(14)16-15-8/h5-7H,1-4,14H2. The van der Waals surface area contributed by atoms with E-state index < -0.39 is 12.1 Å². The highest BCUT2D eigenvalue weighted by Crippen LogP contribution is 2.43. The van der Waals surface area contributed by atoms with Gasteiger partial charge in [-0.2, -0.15) is 13.2 Å². The highest BCUT2D eigenvalue weighted by Gasteiger charge is 2.42. The molecule has 0 bridgehead atoms. The fourth-order valence-electron chi connectivity index (χ4n) is 2.25. The Morgan fingerprint density at radius 1 is 1.38 bits per heavy atom. The average Bonchev–Trinajstić information content (AvgIpc) is 2.64. The molecule has 2 unspecified atom stereocenters. The van der Waals surface area contributed by atoms with Crippen LogP contribution in [0.2, 0.25) is 0 Å². The first kappa shape index (κ1) is 11.3. The van der Waals surface area contributed by atoms with Gasteiger partial charge in [-0.05, 0) is 19.3 Å². The molecule has 0 aromatic carbocycles. The fraction of sp³-hybridized carbons (Fsp3) is 0.700. The predicted molar refractivity (Wildman–Crippen MR) is 51.7 cm³/mol. The molecule has 6 heteroatoms. The molecule has 2 N–H and O–H groups in total. The van der Waals surface area contributed by atoms with Crippen LogP contribution in [0.4, 0.5) is 19.1 Å². The minimum Gasteiger partial charge on any atom is -0.368 e. The SMILES string of the molecule is Nc1cc(C2CCCC(C(F)(F)F)C2)no1. The van der Waals surface area contributed by atoms with Crippen molar-refractivity contribution < 1.29 is 17.7 Å². The lowest BCUT2D eigenvalue weighted by Crippen LogP contribution is -2.28. The largest absolute Gasteiger partial charge is 0.391 e. The van der Waals surface area contributed by atoms with Gasteiger partial charge in [-0.25, -0.2) is 0 Å². The molecule has 0 radical (unpaired) electrons. The molecule has 0 spiro atoms. The summed E-state index contributed by atoms with van der Waals surface area (Å²) in [4.78, 5) is 0. The lowest BCUT2D eigenvalue weighted by Gasteiger charge is -2.29. The monoisotopic (exact) mass is 234 g/mol. The van der Waals surface area contributed by atoms with Crippen molar-refractivity contribution in [1.29, 1.82) is 0 Å². The zero-order valence-corrected chi connectivity index (χ0v) is 8.63. The number of alkyl halides is 3. The molecule has 1 aromatic heterocycles. The lowest BCUT2D eigenvalue weighted by molar-refractivity contribution is -0.183. The third-order valence-electron chi connectivity index (χ3n) is 3.10. The molecule has 0 saturated heterocycles. The van der Waals surface area contributed by atoms with Crippen molar-refractivity contribution in [3.63, 3.8) is 0 Å². The quantitative estimate of drug-likeness (QED) is 0.812. The molecule has 2 atom stereocenters. The van der Waals surface area contributed by atoms with Gasteiger partial charge in [0.05, 0.1) is 11.6 Å². The summed E-state index contributed by atoms with van der Waals surface area (Å²) in [7, 11) is 0. The molecule has 1 aromatic rings. The highest BCUT2D eigenvalue weighted by molar-refractivity contribution is 5.26. The van der Waals surface area contributed by atoms with E-state index in [-0.39, 0.29) is 24.6 Å². The number of anilines is 1. The van der Waals surface area contributed by atoms with E-state index in [2.05, 4.69) is 9.68 Å². The summed E-state index contributed by atoms with van der Waals surface area (Å²) in [6, 6.07) is 1.52. The van der Waals surface area contributed by atoms with Crippen molar-refractivity contribution in [2.45, 2.75) is 37.8 Å². The average molecular weight is 234 g/mol. The van der Waals surface area contributed by atoms with Gasteiger partial charge in [-0.15, -0.1) is 0 Å². The van der Waals surface area contributed by atoms with E-state index in [9.17, 15) is 13.2 Å². The van der Waals surface area contributed by atoms with Crippen LogP contribution in [-0.4, -0.2) is 11.3 Å². The van der Waals surface area contributed by atoms with Gasteiger partial charge in [-0.1, -0.05) is 11.6 Å². The molecule has 1 heterocycles. The molecule has 1 saturated carbocycles. The second kappa shape index (κ2) is 3.99. The number of halogens is 3. The zero-order chi connectivity index (χ0) is 11.8. The highest BCUT2D eigenvalue weighted by atomic mass is 19.4. The fourth-order valence-corrected chi connectivity index (χ4v) is 2.25. The van der Waals surface area contributed by atoms with Gasteiger partial charge >= 0.3 is 6.18 Å². The number of aromatic nitrogens is 1. The van der Waals surface area contributed by atoms with Gasteiger partial charge in [-0.3, -0.25) is 0 Å². The Hall–Kier alpha value is -1.20. The first-order valence-electron chi connectivity index (χ1n) is 5.25. The van der Waals surface area contributed by atoms with Crippen LogP contribution < -0.4 is 5.73 Å². The molecule has 16 heavy (non-hydrogen) atoms. The van der Waals surface area contributed by atoms with Gasteiger partial charge in [0.2, 0.25) is 5.88 Å². The van der Waals surface area contributed by atoms with Crippen LogP contribution in [0.15, 0.2) is 10.6 Å². The topological polar surface area (TPSA) is 52.0 Å². The van der Waals surface area contributed by atoms with Crippen LogP contribution in [0.1, 0.15) is 37.3 Å². The molecule has 2 rings (SSSR count). The number of hydrogen-bond donors (Lipinski definition) is 1. The van der Waals surface area contributed by atoms with Crippen molar-refractivity contribution in [3.8, 4) is 0 Å². The molecule has 3 nitrogen and oxygen atoms in total. The van der Waals surface area contributed by atoms with Crippen LogP contribution in [0, 0.1) is 5.92 Å². The normalized spacial score (nSPS) is 26.9. The van der Waals surface area contributed by atoms with E-state index in [1.54, 1.807) is 0 Å². The molecular weight excluding hydrogens is 221 g/mol. The predicted octanol–water partition coefficient (Wildman–Crippen LogP) is 3.09. The Labute approximate surface area is 90.8 Å². The summed E-state index contributed by atoms with van der Waals surface area (Å²) in [5, 5.41) is 3.69. The number of hydrogen-bond acceptors (Lipinski definition) is 3. The maximum Gasteiger partial charge on any atom is 0.391 e. The molecule has 0 aliphatic heterocycles. The van der Waals surface area contributed by atoms with E-state index >= 15 is 0 Å². The number of nitrogens with two attached hydrogens (primary N) is 1. The third kappa shape index (κ3) is 2.31. The van der Waals surface area contributed by atoms with E-state index in [0.717, 1.165) is 6.42 Å². The van der Waals surface area contributed by atoms with Crippen LogP contribution in [0.5, 0.6) is 0 Å². The van der Waals surface area contributed by atoms with Crippen LogP contribution in [-0.2, 0) is 0 Å². The second-order valence-electron chi connectivity index (χ2n) is 4.26. The van der Waals surface area contributed by atoms with Crippen LogP contribution in [0.3, 0.4) is 0 Å². The van der Waals surface area contributed by atoms with Crippen LogP contribution in [0.25, 0.3) is 0 Å². The lowest BCUT2D eigenvalue weighted by atomic mass is 9.79. The summed E-state index contributed by atoms with van der Waals surface area (Å²) in [5.74, 6) is -1.24. The second-order valence-corrected chi connectivity index (χ2v) is 4.26. The first-order valence-corrected chi connectivity index (χ1v) is 5.25. The number of rotatable bonds is 1. The summed E-state index contributed by atoms with van der Waals surface area (Å²) >= 11 is 0. The first-order chi connectivity index (χ1) is 7.47. The third-order valence-corrected chi connectivity index (χ3v) is 3.10. The molecule has 1 aliphatic rings. The summed E-state index contributed by atoms with van der Waals surface area (Å²) < 4.78 is 42.4. The smallest absolute Gasteiger partial charge is 0.368 e. The van der Waals surface area contributed by atoms with Crippen LogP contribution >= 0.6 is 0 Å². The molecular formula is C10H13F3N2O. The van der Waals surface area contributed by atoms with E-state index in [4.69, 9.17) is 5.73 Å². The van der Waals surface area contributed by atoms with Gasteiger partial charge in [0.25, 0.3) is 0 Å². The Balaban J connectivity index is 2.07. The Morgan fingerprint density at radius 3 is 2.69 bits per heavy atom. The summed E-state index contributed by atoms with van der Waals surface area (Å²) in [6.45, 7) is 0. The van der Waals surface area contributed by atoms with Crippen molar-refractivity contribution in [1.82, 2.24) is 5.16 Å². The van der Waals surface area contributed by atoms with Gasteiger partial charge < -0.3 is 10.3 Å². The minimum absolute atomic E-state index is 0.0927. The van der Waals surface area contributed by atoms with E-state index in [0.29, 0.717) is 12.1 Å². The zero-order valence-electron chi connectivity index (χ0n) is 8.63. The van der Waals surface area contributed by atoms with E-state index in [1.165, 1.54) is 6.07 Å². The van der Waals surface area contributed by atoms with Crippen molar-refractivity contribution in [2.75, 3.05) is 5.73 Å². The van der Waals surface area contributed by atoms with Gasteiger partial charge in [0.1, 0.15) is 0 Å². The molecule has 1 fully saturated rings. The Bertz CT molecular complexity index is 361. The van der Waals surface area contributed by atoms with Crippen molar-refractivity contribution >= 4 is 5.88 Å². The Morgan fingerprint density at radius 2 is 2.12 bits per heavy atom. The maximum atomic E-state index is 12.6. The number of nitrogens with zero attached hydrogens (tertiary/aromatic N) is 1.